The van der Waals surface area contributed by atoms with Gasteiger partial charge in [0.15, 0.2) is 0 Å². The monoisotopic (exact) mass is 472 g/mol. The summed E-state index contributed by atoms with van der Waals surface area (Å²) in [6.45, 7) is 15.2. The van der Waals surface area contributed by atoms with E-state index in [0.717, 1.165) is 29.9 Å². The highest BCUT2D eigenvalue weighted by molar-refractivity contribution is 5.67. The molecule has 0 heterocycles. The van der Waals surface area contributed by atoms with Gasteiger partial charge in [-0.1, -0.05) is 57.1 Å². The summed E-state index contributed by atoms with van der Waals surface area (Å²) < 4.78 is 0. The molecule has 0 amide bonds. The van der Waals surface area contributed by atoms with Crippen LogP contribution < -0.4 is 0 Å². The van der Waals surface area contributed by atoms with Crippen LogP contribution >= 0.6 is 0 Å². The second kappa shape index (κ2) is 10.7. The molecule has 3 saturated carbocycles. The quantitative estimate of drug-likeness (QED) is 0.368. The Balaban J connectivity index is 1.68. The van der Waals surface area contributed by atoms with Gasteiger partial charge in [0.05, 0.1) is 18.1 Å². The SMILES string of the molecule is C=C1C[C@@H](CC(=O)O)[C@H](O)C/C1=C/C=C1\CCC[C@]2(C)[C@@H]([C@H](C)CC[C@H](C)C(C)(C)O)CC[C@@H]12. The molecule has 0 radical (unpaired) electrons. The van der Waals surface area contributed by atoms with Crippen molar-refractivity contribution in [2.45, 2.75) is 111 Å². The van der Waals surface area contributed by atoms with Gasteiger partial charge in [0.25, 0.3) is 0 Å². The van der Waals surface area contributed by atoms with Crippen molar-refractivity contribution in [1.82, 2.24) is 0 Å². The summed E-state index contributed by atoms with van der Waals surface area (Å²) in [6.07, 6.45) is 13.4. The summed E-state index contributed by atoms with van der Waals surface area (Å²) in [5, 5.41) is 29.9. The molecule has 0 aromatic carbocycles. The molecule has 4 heteroatoms. The first-order valence-electron chi connectivity index (χ1n) is 13.5. The molecule has 0 aliphatic heterocycles. The molecule has 0 saturated heterocycles. The number of hydrogen-bond donors (Lipinski definition) is 3. The lowest BCUT2D eigenvalue weighted by Crippen LogP contribution is -2.36. The molecule has 0 aromatic heterocycles. The van der Waals surface area contributed by atoms with Gasteiger partial charge in [0, 0.05) is 0 Å². The largest absolute Gasteiger partial charge is 0.481 e. The molecular formula is C30H48O4. The van der Waals surface area contributed by atoms with Gasteiger partial charge >= 0.3 is 5.97 Å². The standard InChI is InChI=1S/C30H48O4/c1-19(9-10-21(3)29(4,5)34)25-13-14-26-22(8-7-15-30(25,26)6)11-12-23-17-27(31)24(16-20(23)2)18-28(32)33/h11-12,19,21,24-27,31,34H,2,7-10,13-18H2,1,3-6H3,(H,32,33)/b22-11+,23-12-/t19-,21+,24+,25-,26+,27-,30-/m1/s1. The molecule has 0 bridgehead atoms. The third kappa shape index (κ3) is 6.05. The molecule has 3 aliphatic rings. The maximum atomic E-state index is 11.1. The molecule has 34 heavy (non-hydrogen) atoms. The van der Waals surface area contributed by atoms with E-state index >= 15 is 0 Å². The summed E-state index contributed by atoms with van der Waals surface area (Å²) >= 11 is 0. The Morgan fingerprint density at radius 2 is 1.91 bits per heavy atom. The van der Waals surface area contributed by atoms with E-state index < -0.39 is 17.7 Å². The van der Waals surface area contributed by atoms with Crippen LogP contribution in [0.1, 0.15) is 98.8 Å². The van der Waals surface area contributed by atoms with Crippen LogP contribution in [0.2, 0.25) is 0 Å². The lowest BCUT2D eigenvalue weighted by molar-refractivity contribution is -0.139. The maximum absolute atomic E-state index is 11.1. The van der Waals surface area contributed by atoms with Crippen molar-refractivity contribution in [3.63, 3.8) is 0 Å². The van der Waals surface area contributed by atoms with Crippen LogP contribution in [-0.4, -0.2) is 33.0 Å². The summed E-state index contributed by atoms with van der Waals surface area (Å²) in [5.41, 5.74) is 3.34. The van der Waals surface area contributed by atoms with Crippen molar-refractivity contribution in [2.75, 3.05) is 0 Å². The molecule has 3 rings (SSSR count). The first kappa shape index (κ1) is 27.2. The van der Waals surface area contributed by atoms with Crippen molar-refractivity contribution in [1.29, 1.82) is 0 Å². The van der Waals surface area contributed by atoms with Crippen LogP contribution in [0, 0.1) is 35.0 Å². The molecule has 0 aromatic rings. The number of aliphatic hydroxyl groups is 2. The van der Waals surface area contributed by atoms with E-state index in [9.17, 15) is 15.0 Å². The molecule has 4 nitrogen and oxygen atoms in total. The normalized spacial score (nSPS) is 36.5. The van der Waals surface area contributed by atoms with E-state index in [4.69, 9.17) is 5.11 Å². The van der Waals surface area contributed by atoms with E-state index in [1.807, 2.05) is 13.8 Å². The Bertz CT molecular complexity index is 816. The number of allylic oxidation sites excluding steroid dienone is 4. The second-order valence-corrected chi connectivity index (χ2v) is 12.6. The van der Waals surface area contributed by atoms with Crippen LogP contribution in [-0.2, 0) is 4.79 Å². The van der Waals surface area contributed by atoms with Crippen LogP contribution in [0.25, 0.3) is 0 Å². The van der Waals surface area contributed by atoms with Gasteiger partial charge < -0.3 is 15.3 Å². The zero-order chi connectivity index (χ0) is 25.3. The summed E-state index contributed by atoms with van der Waals surface area (Å²) in [4.78, 5) is 11.1. The third-order valence-electron chi connectivity index (χ3n) is 9.86. The summed E-state index contributed by atoms with van der Waals surface area (Å²) in [5.74, 6) is 1.24. The molecule has 192 valence electrons. The minimum absolute atomic E-state index is 0.00311. The average Bonchev–Trinajstić information content (AvgIpc) is 3.09. The van der Waals surface area contributed by atoms with Crippen LogP contribution in [0.15, 0.2) is 35.5 Å². The molecule has 0 spiro atoms. The van der Waals surface area contributed by atoms with Gasteiger partial charge in [-0.15, -0.1) is 0 Å². The predicted octanol–water partition coefficient (Wildman–Crippen LogP) is 6.68. The Morgan fingerprint density at radius 3 is 2.56 bits per heavy atom. The van der Waals surface area contributed by atoms with Crippen molar-refractivity contribution >= 4 is 5.97 Å². The highest BCUT2D eigenvalue weighted by Gasteiger charge is 2.50. The van der Waals surface area contributed by atoms with Gasteiger partial charge in [0.1, 0.15) is 0 Å². The second-order valence-electron chi connectivity index (χ2n) is 12.6. The maximum Gasteiger partial charge on any atom is 0.303 e. The molecule has 3 N–H and O–H groups in total. The van der Waals surface area contributed by atoms with Gasteiger partial charge in [-0.2, -0.15) is 0 Å². The number of carboxylic acid groups (broad SMARTS) is 1. The highest BCUT2D eigenvalue weighted by atomic mass is 16.4. The van der Waals surface area contributed by atoms with Gasteiger partial charge in [0.2, 0.25) is 0 Å². The third-order valence-corrected chi connectivity index (χ3v) is 9.86. The molecule has 3 fully saturated rings. The molecule has 3 aliphatic carbocycles. The Hall–Kier alpha value is -1.39. The lowest BCUT2D eigenvalue weighted by Gasteiger charge is -2.44. The van der Waals surface area contributed by atoms with Crippen LogP contribution in [0.3, 0.4) is 0 Å². The van der Waals surface area contributed by atoms with E-state index in [2.05, 4.69) is 39.5 Å². The zero-order valence-corrected chi connectivity index (χ0v) is 22.1. The number of hydrogen-bond acceptors (Lipinski definition) is 3. The zero-order valence-electron chi connectivity index (χ0n) is 22.1. The average molecular weight is 473 g/mol. The van der Waals surface area contributed by atoms with E-state index in [0.29, 0.717) is 36.0 Å². The number of fused-ring (bicyclic) bond motifs is 1. The number of carboxylic acids is 1. The number of carbonyl (C=O) groups is 1. The first-order chi connectivity index (χ1) is 15.8. The molecule has 0 unspecified atom stereocenters. The smallest absolute Gasteiger partial charge is 0.303 e. The van der Waals surface area contributed by atoms with Gasteiger partial charge in [-0.05, 0) is 106 Å². The van der Waals surface area contributed by atoms with Crippen molar-refractivity contribution < 1.29 is 20.1 Å². The lowest BCUT2D eigenvalue weighted by atomic mass is 9.60. The molecule has 7 atom stereocenters. The van der Waals surface area contributed by atoms with Crippen molar-refractivity contribution in [3.05, 3.63) is 35.5 Å². The minimum atomic E-state index is -0.854. The number of rotatable bonds is 8. The minimum Gasteiger partial charge on any atom is -0.481 e. The van der Waals surface area contributed by atoms with Gasteiger partial charge in [-0.3, -0.25) is 4.79 Å². The van der Waals surface area contributed by atoms with E-state index in [1.54, 1.807) is 5.57 Å². The predicted molar refractivity (Wildman–Crippen MR) is 138 cm³/mol. The first-order valence-corrected chi connectivity index (χ1v) is 13.5. The van der Waals surface area contributed by atoms with Crippen LogP contribution in [0.4, 0.5) is 0 Å². The molecular weight excluding hydrogens is 424 g/mol. The van der Waals surface area contributed by atoms with E-state index in [-0.39, 0.29) is 12.3 Å². The highest BCUT2D eigenvalue weighted by Crippen LogP contribution is 2.60. The number of aliphatic carboxylic acids is 1. The fourth-order valence-corrected chi connectivity index (χ4v) is 7.23. The Kier molecular flexibility index (Phi) is 8.56. The Morgan fingerprint density at radius 1 is 1.21 bits per heavy atom. The Labute approximate surface area is 207 Å². The van der Waals surface area contributed by atoms with E-state index in [1.165, 1.54) is 32.1 Å². The summed E-state index contributed by atoms with van der Waals surface area (Å²) in [6, 6.07) is 0. The fourth-order valence-electron chi connectivity index (χ4n) is 7.23. The van der Waals surface area contributed by atoms with Crippen molar-refractivity contribution in [3.8, 4) is 0 Å². The van der Waals surface area contributed by atoms with Crippen molar-refractivity contribution in [2.24, 2.45) is 35.0 Å². The van der Waals surface area contributed by atoms with Gasteiger partial charge in [-0.25, -0.2) is 0 Å². The number of aliphatic hydroxyl groups excluding tert-OH is 1. The topological polar surface area (TPSA) is 77.8 Å². The van der Waals surface area contributed by atoms with Crippen LogP contribution in [0.5, 0.6) is 0 Å². The fraction of sp³-hybridized carbons (Fsp3) is 0.767. The summed E-state index contributed by atoms with van der Waals surface area (Å²) in [7, 11) is 0.